The summed E-state index contributed by atoms with van der Waals surface area (Å²) in [6.45, 7) is 9.72. The normalized spacial score (nSPS) is 23.5. The smallest absolute Gasteiger partial charge is 0.465 e. The first kappa shape index (κ1) is 91.8. The topological polar surface area (TPSA) is 380 Å². The number of carbonyl (C=O) groups excluding carboxylic acids is 10. The molecule has 31 heteroatoms. The van der Waals surface area contributed by atoms with Crippen LogP contribution in [0.4, 0.5) is 0 Å². The molecule has 2 amide bonds. The van der Waals surface area contributed by atoms with Gasteiger partial charge in [0.15, 0.2) is 18.3 Å². The number of hydrogen-bond acceptors (Lipinski definition) is 27. The number of unbranched alkanes of at least 4 members (excludes halogenated alkanes) is 26. The largest absolute Gasteiger partial charge is 0.472 e. The minimum atomic E-state index is -4.95. The molecule has 0 aliphatic carbocycles. The van der Waals surface area contributed by atoms with E-state index in [2.05, 4.69) is 24.5 Å². The average Bonchev–Trinajstić information content (AvgIpc) is 0.745. The maximum Gasteiger partial charge on any atom is 0.472 e. The fraction of sp³-hybridized carbons (Fsp3) is 0.861. The Hall–Kier alpha value is -5.43. The van der Waals surface area contributed by atoms with E-state index in [1.54, 1.807) is 0 Å². The van der Waals surface area contributed by atoms with Crippen LogP contribution in [-0.2, 0) is 128 Å². The highest BCUT2D eigenvalue weighted by atomic mass is 31.2. The molecule has 1 spiro atoms. The first-order valence-electron chi connectivity index (χ1n) is 37.4. The SMILES string of the molecule is CCCCCCCCCCCCCCCCOCC(COP(=O)(O)OCCO[C@]1(C(=O)OC)C[C@H](OC(C)=O)[C@@H](NC(C)=O)[C@H]([C@@H](OC(C)=O)[C@H]2COC(=O)[C@]3(C[C@H](OC(C)=O)[C@@H](NC(C)=O)[C@H]([C@H](OC(C)=O)[C@@H](COC(C)=O)OC(C)=O)O3)O2)O1)OCCCCCCCCCCCCCCCC. The second-order valence-electron chi connectivity index (χ2n) is 26.9. The third-order valence-corrected chi connectivity index (χ3v) is 18.6. The van der Waals surface area contributed by atoms with Gasteiger partial charge in [0.05, 0.1) is 58.5 Å². The molecule has 3 aliphatic rings. The number of esters is 8. The molecule has 103 heavy (non-hydrogen) atoms. The van der Waals surface area contributed by atoms with Crippen molar-refractivity contribution in [1.29, 1.82) is 0 Å². The van der Waals surface area contributed by atoms with Crippen molar-refractivity contribution < 1.29 is 133 Å². The fourth-order valence-electron chi connectivity index (χ4n) is 12.9. The Labute approximate surface area is 609 Å². The van der Waals surface area contributed by atoms with Gasteiger partial charge < -0.3 is 81.8 Å². The van der Waals surface area contributed by atoms with Crippen molar-refractivity contribution in [3.63, 3.8) is 0 Å². The van der Waals surface area contributed by atoms with Crippen molar-refractivity contribution >= 4 is 67.4 Å². The lowest BCUT2D eigenvalue weighted by atomic mass is 9.86. The summed E-state index contributed by atoms with van der Waals surface area (Å²) >= 11 is 0. The standard InChI is InChI=1S/C72H123N2O28P/c1-12-14-16-18-20-22-24-26-28-30-32-34-36-38-40-88-46-58(89-41-39-37-35-33-31-29-27-25-23-21-19-17-15-13-2)47-94-103(85,86)93-43-42-92-71(69(83)87-11)44-59(95-53(6)78)63(73-50(3)75)68(101-71)66(99-57(10)82)62-49-91-70(84)72(100-62)45-60(96-54(7)79)64(74-51(4)76)67(102-72)65(98-56(9)81)61(97-55(8)80)48-90-52(5)77/h58-68H,12-49H2,1-11H3,(H,73,75)(H,74,76)(H,85,86)/t58?,59-,60-,61+,62+,63+,64+,65+,66-,67+,68+,71+,72+/m0/s1. The molecule has 3 saturated heterocycles. The lowest BCUT2D eigenvalue weighted by Gasteiger charge is -2.52. The van der Waals surface area contributed by atoms with Crippen LogP contribution >= 0.6 is 7.82 Å². The van der Waals surface area contributed by atoms with E-state index in [1.807, 2.05) is 0 Å². The van der Waals surface area contributed by atoms with E-state index in [4.69, 9.17) is 75.4 Å². The lowest BCUT2D eigenvalue weighted by molar-refractivity contribution is -0.361. The Kier molecular flexibility index (Phi) is 45.4. The molecule has 0 aromatic carbocycles. The quantitative estimate of drug-likeness (QED) is 0.0220. The number of phosphoric acid groups is 1. The summed E-state index contributed by atoms with van der Waals surface area (Å²) in [5.41, 5.74) is 0. The molecule has 0 saturated carbocycles. The summed E-state index contributed by atoms with van der Waals surface area (Å²) in [5, 5.41) is 5.14. The number of methoxy groups -OCH3 is 1. The summed E-state index contributed by atoms with van der Waals surface area (Å²) < 4.78 is 107. The Morgan fingerprint density at radius 3 is 1.44 bits per heavy atom. The Morgan fingerprint density at radius 2 is 0.981 bits per heavy atom. The van der Waals surface area contributed by atoms with Crippen LogP contribution in [0.25, 0.3) is 0 Å². The second kappa shape index (κ2) is 51.0. The molecule has 14 atom stereocenters. The van der Waals surface area contributed by atoms with E-state index >= 15 is 0 Å². The van der Waals surface area contributed by atoms with Crippen molar-refractivity contribution in [2.24, 2.45) is 0 Å². The maximum atomic E-state index is 14.5. The molecular weight excluding hydrogens is 1370 g/mol. The highest BCUT2D eigenvalue weighted by Gasteiger charge is 2.65. The van der Waals surface area contributed by atoms with Crippen LogP contribution in [0.1, 0.15) is 262 Å². The van der Waals surface area contributed by atoms with Gasteiger partial charge in [-0.3, -0.25) is 47.4 Å². The Bertz CT molecular complexity index is 2600. The van der Waals surface area contributed by atoms with Gasteiger partial charge in [-0.05, 0) is 12.8 Å². The van der Waals surface area contributed by atoms with Crippen LogP contribution in [0.3, 0.4) is 0 Å². The molecular formula is C72H123N2O28P. The number of amides is 2. The second-order valence-corrected chi connectivity index (χ2v) is 28.3. The van der Waals surface area contributed by atoms with Gasteiger partial charge in [0.2, 0.25) is 11.8 Å². The first-order valence-corrected chi connectivity index (χ1v) is 38.9. The zero-order chi connectivity index (χ0) is 76.2. The van der Waals surface area contributed by atoms with Gasteiger partial charge in [-0.1, -0.05) is 181 Å². The molecule has 3 fully saturated rings. The van der Waals surface area contributed by atoms with E-state index in [0.717, 1.165) is 114 Å². The maximum absolute atomic E-state index is 14.5. The molecule has 2 unspecified atom stereocenters. The summed E-state index contributed by atoms with van der Waals surface area (Å²) in [5.74, 6) is -15.9. The highest BCUT2D eigenvalue weighted by molar-refractivity contribution is 7.47. The van der Waals surface area contributed by atoms with E-state index in [0.29, 0.717) is 13.2 Å². The first-order chi connectivity index (χ1) is 49.1. The van der Waals surface area contributed by atoms with Gasteiger partial charge in [-0.2, -0.15) is 0 Å². The molecule has 3 N–H and O–H groups in total. The summed E-state index contributed by atoms with van der Waals surface area (Å²) in [6.07, 6.45) is 16.2. The van der Waals surface area contributed by atoms with E-state index in [9.17, 15) is 57.4 Å². The van der Waals surface area contributed by atoms with Crippen molar-refractivity contribution in [3.05, 3.63) is 0 Å². The van der Waals surface area contributed by atoms with Crippen molar-refractivity contribution in [3.8, 4) is 0 Å². The van der Waals surface area contributed by atoms with Gasteiger partial charge in [-0.15, -0.1) is 0 Å². The molecule has 0 radical (unpaired) electrons. The van der Waals surface area contributed by atoms with Crippen LogP contribution in [0.5, 0.6) is 0 Å². The summed E-state index contributed by atoms with van der Waals surface area (Å²) in [7, 11) is -4.01. The molecule has 0 bridgehead atoms. The third-order valence-electron chi connectivity index (χ3n) is 17.7. The number of ether oxygens (including phenoxy) is 14. The predicted molar refractivity (Wildman–Crippen MR) is 371 cm³/mol. The molecule has 3 aliphatic heterocycles. The van der Waals surface area contributed by atoms with Crippen molar-refractivity contribution in [2.75, 3.05) is 60.0 Å². The molecule has 3 rings (SSSR count). The predicted octanol–water partition coefficient (Wildman–Crippen LogP) is 9.82. The van der Waals surface area contributed by atoms with Crippen LogP contribution in [0.15, 0.2) is 0 Å². The zero-order valence-electron chi connectivity index (χ0n) is 63.1. The number of carbonyl (C=O) groups is 10. The number of rotatable bonds is 55. The number of hydrogen-bond donors (Lipinski definition) is 3. The van der Waals surface area contributed by atoms with Crippen LogP contribution in [0.2, 0.25) is 0 Å². The Balaban J connectivity index is 1.90. The molecule has 30 nitrogen and oxygen atoms in total. The highest BCUT2D eigenvalue weighted by Crippen LogP contribution is 2.45. The molecule has 0 aromatic rings. The molecule has 594 valence electrons. The fourth-order valence-corrected chi connectivity index (χ4v) is 13.6. The number of nitrogens with one attached hydrogen (secondary N) is 2. The van der Waals surface area contributed by atoms with Gasteiger partial charge >= 0.3 is 55.6 Å². The van der Waals surface area contributed by atoms with E-state index in [1.165, 1.54) is 128 Å². The minimum absolute atomic E-state index is 0.0714. The molecule has 0 aromatic heterocycles. The number of phosphoric ester groups is 1. The van der Waals surface area contributed by atoms with E-state index in [-0.39, 0.29) is 6.61 Å². The van der Waals surface area contributed by atoms with Crippen molar-refractivity contribution in [1.82, 2.24) is 10.6 Å². The van der Waals surface area contributed by atoms with Gasteiger partial charge in [-0.25, -0.2) is 14.2 Å². The Morgan fingerprint density at radius 1 is 0.515 bits per heavy atom. The monoisotopic (exact) mass is 1490 g/mol. The summed E-state index contributed by atoms with van der Waals surface area (Å²) in [6, 6.07) is -3.24. The van der Waals surface area contributed by atoms with Gasteiger partial charge in [0, 0.05) is 68.6 Å². The van der Waals surface area contributed by atoms with Crippen LogP contribution in [0, 0.1) is 0 Å². The summed E-state index contributed by atoms with van der Waals surface area (Å²) in [4.78, 5) is 143. The van der Waals surface area contributed by atoms with E-state index < -0.39 is 192 Å². The van der Waals surface area contributed by atoms with Gasteiger partial charge in [0.1, 0.15) is 49.8 Å². The van der Waals surface area contributed by atoms with Crippen LogP contribution in [-0.4, -0.2) is 203 Å². The molecule has 3 heterocycles. The van der Waals surface area contributed by atoms with Gasteiger partial charge in [0.25, 0.3) is 11.6 Å². The number of cyclic esters (lactones) is 1. The minimum Gasteiger partial charge on any atom is -0.465 e. The van der Waals surface area contributed by atoms with Crippen molar-refractivity contribution in [2.45, 2.75) is 340 Å². The average molecular weight is 1500 g/mol. The van der Waals surface area contributed by atoms with Crippen LogP contribution < -0.4 is 10.6 Å². The zero-order valence-corrected chi connectivity index (χ0v) is 64.0. The lowest BCUT2D eigenvalue weighted by Crippen LogP contribution is -2.73. The third kappa shape index (κ3) is 36.6.